The number of alkyl halides is 7. The zero-order valence-electron chi connectivity index (χ0n) is 28.7. The number of allylic oxidation sites excluding steroid dienone is 3. The van der Waals surface area contributed by atoms with E-state index in [4.69, 9.17) is 0 Å². The zero-order valence-corrected chi connectivity index (χ0v) is 28.7. The number of hydrogen-bond donors (Lipinski definition) is 2. The van der Waals surface area contributed by atoms with Crippen molar-refractivity contribution in [2.75, 3.05) is 20.6 Å². The number of carboxylic acid groups (broad SMARTS) is 1. The van der Waals surface area contributed by atoms with E-state index in [9.17, 15) is 45.8 Å². The monoisotopic (exact) mass is 719 g/mol. The molecule has 4 atom stereocenters. The molecule has 0 saturated carbocycles. The van der Waals surface area contributed by atoms with E-state index >= 15 is 8.78 Å². The number of carboxylic acids is 1. The molecular formula is C35H41F8N3O4. The van der Waals surface area contributed by atoms with Crippen molar-refractivity contribution >= 4 is 17.4 Å². The van der Waals surface area contributed by atoms with Gasteiger partial charge in [-0.3, -0.25) is 14.4 Å². The number of aliphatic carboxylic acids is 1. The Kier molecular flexibility index (Phi) is 12.2. The van der Waals surface area contributed by atoms with Crippen LogP contribution in [0.25, 0.3) is 5.57 Å². The van der Waals surface area contributed by atoms with Gasteiger partial charge in [0, 0.05) is 24.4 Å². The fraction of sp³-hybridized carbons (Fsp3) is 0.514. The summed E-state index contributed by atoms with van der Waals surface area (Å²) in [7, 11) is 3.21. The summed E-state index contributed by atoms with van der Waals surface area (Å²) in [4.78, 5) is 40.8. The Morgan fingerprint density at radius 1 is 1.06 bits per heavy atom. The number of hydrogen-bond acceptors (Lipinski definition) is 4. The molecule has 0 spiro atoms. The molecule has 1 aromatic carbocycles. The predicted molar refractivity (Wildman–Crippen MR) is 172 cm³/mol. The topological polar surface area (TPSA) is 91.6 Å². The standard InChI is InChI=1S/C35H41F8N3O4/c1-18(2)13-26(46-17-22(11-12-45(6)7)24(15-27(46)47)34(38,39)40)32(50)44-25(16-28(48)49)30-31(36)23(29-19(3)9-8-10-20(29)4)14-21(5)33(30,37)35(41,42)43/h8-10,14-15,17-18,25-26,30H,11-13,16H2,1-7H3,(H,44,50)(H,48,49). The lowest BCUT2D eigenvalue weighted by molar-refractivity contribution is -0.234. The van der Waals surface area contributed by atoms with Crippen LogP contribution >= 0.6 is 0 Å². The molecule has 4 unspecified atom stereocenters. The van der Waals surface area contributed by atoms with Crippen LogP contribution in [0.4, 0.5) is 35.1 Å². The van der Waals surface area contributed by atoms with Gasteiger partial charge in [-0.25, -0.2) is 8.78 Å². The molecule has 1 aliphatic rings. The first-order chi connectivity index (χ1) is 22.9. The van der Waals surface area contributed by atoms with Crippen LogP contribution in [-0.4, -0.2) is 65.0 Å². The van der Waals surface area contributed by atoms with Crippen molar-refractivity contribution < 1.29 is 49.8 Å². The molecule has 2 aromatic rings. The van der Waals surface area contributed by atoms with E-state index < -0.39 is 88.3 Å². The van der Waals surface area contributed by atoms with Crippen LogP contribution in [-0.2, 0) is 22.2 Å². The van der Waals surface area contributed by atoms with Crippen molar-refractivity contribution in [2.24, 2.45) is 11.8 Å². The van der Waals surface area contributed by atoms with Gasteiger partial charge in [0.1, 0.15) is 11.9 Å². The number of benzene rings is 1. The lowest BCUT2D eigenvalue weighted by atomic mass is 9.70. The minimum absolute atomic E-state index is 0.113. The quantitative estimate of drug-likeness (QED) is 0.224. The number of carbonyl (C=O) groups excluding carboxylic acids is 1. The van der Waals surface area contributed by atoms with Crippen molar-refractivity contribution in [2.45, 2.75) is 84.0 Å². The summed E-state index contributed by atoms with van der Waals surface area (Å²) in [5.74, 6) is -8.13. The van der Waals surface area contributed by atoms with Gasteiger partial charge >= 0.3 is 18.3 Å². The maximum Gasteiger partial charge on any atom is 0.427 e. The van der Waals surface area contributed by atoms with Crippen molar-refractivity contribution in [3.63, 3.8) is 0 Å². The number of likely N-dealkylation sites (N-methyl/N-ethyl adjacent to an activating group) is 1. The molecule has 50 heavy (non-hydrogen) atoms. The first-order valence-corrected chi connectivity index (χ1v) is 15.8. The predicted octanol–water partition coefficient (Wildman–Crippen LogP) is 7.36. The highest BCUT2D eigenvalue weighted by Crippen LogP contribution is 2.54. The number of nitrogens with zero attached hydrogens (tertiary/aromatic N) is 2. The van der Waals surface area contributed by atoms with E-state index in [1.54, 1.807) is 64.9 Å². The molecule has 1 aliphatic carbocycles. The van der Waals surface area contributed by atoms with Crippen LogP contribution in [0.3, 0.4) is 0 Å². The molecule has 3 rings (SSSR count). The summed E-state index contributed by atoms with van der Waals surface area (Å²) in [5.41, 5.74) is -7.74. The van der Waals surface area contributed by atoms with E-state index in [1.165, 1.54) is 0 Å². The summed E-state index contributed by atoms with van der Waals surface area (Å²) in [5, 5.41) is 11.8. The highest BCUT2D eigenvalue weighted by molar-refractivity contribution is 5.84. The SMILES string of the molecule is CC1=CC(c2c(C)cccc2C)=C(F)C(C(CC(=O)O)NC(=O)C(CC(C)C)n2cc(CCN(C)C)c(C(F)(F)F)cc2=O)C1(F)C(F)(F)F. The maximum absolute atomic E-state index is 16.7. The Morgan fingerprint density at radius 2 is 1.64 bits per heavy atom. The molecule has 7 nitrogen and oxygen atoms in total. The molecule has 1 heterocycles. The minimum atomic E-state index is -5.79. The Morgan fingerprint density at radius 3 is 2.12 bits per heavy atom. The van der Waals surface area contributed by atoms with E-state index in [2.05, 4.69) is 5.32 Å². The third kappa shape index (κ3) is 8.47. The fourth-order valence-electron chi connectivity index (χ4n) is 6.42. The second-order valence-corrected chi connectivity index (χ2v) is 13.4. The molecule has 0 bridgehead atoms. The number of amides is 1. The number of aromatic nitrogens is 1. The van der Waals surface area contributed by atoms with Gasteiger partial charge in [-0.05, 0) is 87.5 Å². The van der Waals surface area contributed by atoms with Gasteiger partial charge in [0.05, 0.1) is 23.9 Å². The third-order valence-corrected chi connectivity index (χ3v) is 8.81. The van der Waals surface area contributed by atoms with E-state index in [-0.39, 0.29) is 30.5 Å². The van der Waals surface area contributed by atoms with Gasteiger partial charge in [0.15, 0.2) is 0 Å². The largest absolute Gasteiger partial charge is 0.481 e. The molecule has 0 fully saturated rings. The van der Waals surface area contributed by atoms with Gasteiger partial charge in [0.2, 0.25) is 11.6 Å². The highest BCUT2D eigenvalue weighted by atomic mass is 19.4. The van der Waals surface area contributed by atoms with E-state index in [0.29, 0.717) is 27.8 Å². The normalized spacial score (nSPS) is 19.9. The molecule has 0 radical (unpaired) electrons. The van der Waals surface area contributed by atoms with Gasteiger partial charge in [-0.15, -0.1) is 0 Å². The van der Waals surface area contributed by atoms with Crippen LogP contribution in [0.1, 0.15) is 67.5 Å². The molecule has 15 heteroatoms. The van der Waals surface area contributed by atoms with Crippen LogP contribution in [0, 0.1) is 25.7 Å². The summed E-state index contributed by atoms with van der Waals surface area (Å²) >= 11 is 0. The lowest BCUT2D eigenvalue weighted by Gasteiger charge is -2.42. The van der Waals surface area contributed by atoms with Crippen molar-refractivity contribution in [3.05, 3.63) is 86.1 Å². The average Bonchev–Trinajstić information content (AvgIpc) is 2.96. The van der Waals surface area contributed by atoms with Gasteiger partial charge in [0.25, 0.3) is 5.56 Å². The molecule has 0 saturated heterocycles. The van der Waals surface area contributed by atoms with Crippen LogP contribution in [0.5, 0.6) is 0 Å². The van der Waals surface area contributed by atoms with Crippen molar-refractivity contribution in [1.82, 2.24) is 14.8 Å². The average molecular weight is 720 g/mol. The number of carbonyl (C=O) groups is 2. The Labute approximate surface area is 284 Å². The smallest absolute Gasteiger partial charge is 0.427 e. The van der Waals surface area contributed by atoms with Gasteiger partial charge in [-0.1, -0.05) is 32.0 Å². The molecule has 1 amide bonds. The number of nitrogens with one attached hydrogen (secondary N) is 1. The Hall–Kier alpha value is -4.01. The number of pyridine rings is 1. The van der Waals surface area contributed by atoms with E-state index in [1.807, 2.05) is 0 Å². The first kappa shape index (κ1) is 40.4. The summed E-state index contributed by atoms with van der Waals surface area (Å²) in [6, 6.07) is 0.987. The number of aryl methyl sites for hydroxylation is 2. The summed E-state index contributed by atoms with van der Waals surface area (Å²) < 4.78 is 120. The Balaban J connectivity index is 2.27. The van der Waals surface area contributed by atoms with Crippen LogP contribution in [0.2, 0.25) is 0 Å². The molecular weight excluding hydrogens is 678 g/mol. The molecule has 1 aromatic heterocycles. The first-order valence-electron chi connectivity index (χ1n) is 15.8. The minimum Gasteiger partial charge on any atom is -0.481 e. The van der Waals surface area contributed by atoms with Crippen molar-refractivity contribution in [1.29, 1.82) is 0 Å². The third-order valence-electron chi connectivity index (χ3n) is 8.81. The van der Waals surface area contributed by atoms with Crippen molar-refractivity contribution in [3.8, 4) is 0 Å². The second-order valence-electron chi connectivity index (χ2n) is 13.4. The lowest BCUT2D eigenvalue weighted by Crippen LogP contribution is -2.59. The zero-order chi connectivity index (χ0) is 38.1. The highest BCUT2D eigenvalue weighted by Gasteiger charge is 2.66. The summed E-state index contributed by atoms with van der Waals surface area (Å²) in [6.07, 6.45) is -11.0. The van der Waals surface area contributed by atoms with Crippen LogP contribution in [0.15, 0.2) is 52.7 Å². The fourth-order valence-corrected chi connectivity index (χ4v) is 6.42. The van der Waals surface area contributed by atoms with Crippen LogP contribution < -0.4 is 10.9 Å². The summed E-state index contributed by atoms with van der Waals surface area (Å²) in [6.45, 7) is 7.22. The number of rotatable bonds is 12. The van der Waals surface area contributed by atoms with Gasteiger partial charge in [-0.2, -0.15) is 26.3 Å². The Bertz CT molecular complexity index is 1710. The molecule has 276 valence electrons. The number of halogens is 8. The second kappa shape index (κ2) is 15.1. The maximum atomic E-state index is 16.7. The van der Waals surface area contributed by atoms with Gasteiger partial charge < -0.3 is 19.9 Å². The molecule has 0 aliphatic heterocycles. The van der Waals surface area contributed by atoms with E-state index in [0.717, 1.165) is 13.1 Å². The molecule has 2 N–H and O–H groups in total.